The SMILES string of the molecule is Cc1nc2cccc(F)c2c(=O)n1C1CCC(=O)NC1=O.Cc1nc2cccc(F)c2c(=O)o1.NC1CCC(=O)NC1=O.Nc1cccc(F)c1C(=O)O. The van der Waals surface area contributed by atoms with Crippen molar-refractivity contribution in [1.82, 2.24) is 25.2 Å². The van der Waals surface area contributed by atoms with Gasteiger partial charge in [0.15, 0.2) is 5.89 Å². The zero-order chi connectivity index (χ0) is 39.9. The second-order valence-electron chi connectivity index (χ2n) is 11.7. The van der Waals surface area contributed by atoms with Gasteiger partial charge in [0.2, 0.25) is 23.6 Å². The lowest BCUT2D eigenvalue weighted by Gasteiger charge is -2.24. The van der Waals surface area contributed by atoms with E-state index in [1.165, 1.54) is 36.4 Å². The number of aromatic carboxylic acids is 1. The van der Waals surface area contributed by atoms with Crippen LogP contribution in [0, 0.1) is 31.3 Å². The van der Waals surface area contributed by atoms with Crippen LogP contribution >= 0.6 is 0 Å². The van der Waals surface area contributed by atoms with Crippen molar-refractivity contribution in [3.8, 4) is 0 Å². The Morgan fingerprint density at radius 2 is 1.33 bits per heavy atom. The Labute approximate surface area is 302 Å². The van der Waals surface area contributed by atoms with Gasteiger partial charge < -0.3 is 21.0 Å². The third-order valence-electron chi connectivity index (χ3n) is 7.83. The Hall–Kier alpha value is -6.76. The highest BCUT2D eigenvalue weighted by molar-refractivity contribution is 6.00. The molecule has 2 aromatic heterocycles. The number of carbonyl (C=O) groups excluding carboxylic acids is 4. The Balaban J connectivity index is 0.000000170. The molecule has 0 saturated carbocycles. The van der Waals surface area contributed by atoms with Gasteiger partial charge in [-0.3, -0.25) is 39.2 Å². The molecular formula is C35H32F3N7O9. The van der Waals surface area contributed by atoms with Crippen molar-refractivity contribution in [3.05, 3.63) is 110 Å². The fraction of sp³-hybridized carbons (Fsp3) is 0.229. The van der Waals surface area contributed by atoms with Crippen LogP contribution in [0.5, 0.6) is 0 Å². The van der Waals surface area contributed by atoms with Crippen LogP contribution in [-0.4, -0.2) is 55.3 Å². The lowest BCUT2D eigenvalue weighted by Crippen LogP contribution is -2.48. The molecular weight excluding hydrogens is 719 g/mol. The first kappa shape index (κ1) is 40.0. The number of anilines is 1. The summed E-state index contributed by atoms with van der Waals surface area (Å²) in [6, 6.07) is 10.9. The molecule has 19 heteroatoms. The molecule has 2 unspecified atom stereocenters. The molecule has 4 amide bonds. The quantitative estimate of drug-likeness (QED) is 0.128. The van der Waals surface area contributed by atoms with Gasteiger partial charge in [0, 0.05) is 25.5 Å². The van der Waals surface area contributed by atoms with Gasteiger partial charge >= 0.3 is 11.6 Å². The number of halogens is 3. The molecule has 7 N–H and O–H groups in total. The number of carbonyl (C=O) groups is 5. The summed E-state index contributed by atoms with van der Waals surface area (Å²) >= 11 is 0. The van der Waals surface area contributed by atoms with Crippen LogP contribution in [0.4, 0.5) is 18.9 Å². The number of aryl methyl sites for hydroxylation is 2. The second-order valence-corrected chi connectivity index (χ2v) is 11.7. The molecule has 282 valence electrons. The first-order valence-electron chi connectivity index (χ1n) is 15.9. The number of nitrogens with zero attached hydrogens (tertiary/aromatic N) is 3. The minimum absolute atomic E-state index is 0.0579. The molecule has 5 aromatic rings. The van der Waals surface area contributed by atoms with Crippen molar-refractivity contribution < 1.29 is 46.7 Å². The monoisotopic (exact) mass is 751 g/mol. The van der Waals surface area contributed by atoms with Crippen molar-refractivity contribution >= 4 is 57.1 Å². The minimum Gasteiger partial charge on any atom is -0.478 e. The topological polar surface area (TPSA) is 260 Å². The van der Waals surface area contributed by atoms with Crippen molar-refractivity contribution in [2.75, 3.05) is 5.73 Å². The van der Waals surface area contributed by atoms with E-state index in [0.29, 0.717) is 24.2 Å². The summed E-state index contributed by atoms with van der Waals surface area (Å²) in [5, 5.41) is 12.5. The van der Waals surface area contributed by atoms with E-state index in [9.17, 15) is 46.7 Å². The molecule has 2 aliphatic heterocycles. The fourth-order valence-electron chi connectivity index (χ4n) is 5.27. The van der Waals surface area contributed by atoms with Crippen molar-refractivity contribution in [3.63, 3.8) is 0 Å². The van der Waals surface area contributed by atoms with Crippen LogP contribution in [-0.2, 0) is 19.2 Å². The van der Waals surface area contributed by atoms with Gasteiger partial charge in [0.25, 0.3) is 5.56 Å². The molecule has 16 nitrogen and oxygen atoms in total. The van der Waals surface area contributed by atoms with Gasteiger partial charge in [0.1, 0.15) is 45.7 Å². The van der Waals surface area contributed by atoms with Crippen molar-refractivity contribution in [1.29, 1.82) is 0 Å². The lowest BCUT2D eigenvalue weighted by molar-refractivity contribution is -0.136. The second kappa shape index (κ2) is 17.2. The number of carboxylic acid groups (broad SMARTS) is 1. The Morgan fingerprint density at radius 3 is 1.87 bits per heavy atom. The van der Waals surface area contributed by atoms with Gasteiger partial charge in [0.05, 0.1) is 17.1 Å². The molecule has 0 aliphatic carbocycles. The molecule has 54 heavy (non-hydrogen) atoms. The molecule has 0 spiro atoms. The fourth-order valence-corrected chi connectivity index (χ4v) is 5.27. The van der Waals surface area contributed by atoms with Gasteiger partial charge in [-0.25, -0.2) is 32.7 Å². The van der Waals surface area contributed by atoms with Crippen LogP contribution < -0.4 is 33.3 Å². The normalized spacial score (nSPS) is 16.5. The number of amides is 4. The van der Waals surface area contributed by atoms with Gasteiger partial charge in [-0.2, -0.15) is 0 Å². The number of nitrogens with one attached hydrogen (secondary N) is 2. The molecule has 3 aromatic carbocycles. The molecule has 7 rings (SSSR count). The minimum atomic E-state index is -1.35. The third-order valence-corrected chi connectivity index (χ3v) is 7.83. The summed E-state index contributed by atoms with van der Waals surface area (Å²) in [6.45, 7) is 3.13. The largest absolute Gasteiger partial charge is 0.478 e. The van der Waals surface area contributed by atoms with Crippen LogP contribution in [0.1, 0.15) is 53.8 Å². The van der Waals surface area contributed by atoms with E-state index in [4.69, 9.17) is 16.6 Å². The van der Waals surface area contributed by atoms with E-state index in [1.54, 1.807) is 26.0 Å². The average Bonchev–Trinajstić information content (AvgIpc) is 3.08. The lowest BCUT2D eigenvalue weighted by atomic mass is 10.1. The first-order valence-corrected chi connectivity index (χ1v) is 15.9. The van der Waals surface area contributed by atoms with Gasteiger partial charge in [-0.15, -0.1) is 0 Å². The van der Waals surface area contributed by atoms with E-state index in [1.807, 2.05) is 0 Å². The number of nitrogen functional groups attached to an aromatic ring is 1. The first-order chi connectivity index (χ1) is 25.5. The Bertz CT molecular complexity index is 2400. The smallest absolute Gasteiger partial charge is 0.349 e. The molecule has 4 heterocycles. The Kier molecular flexibility index (Phi) is 12.7. The number of piperidine rings is 2. The van der Waals surface area contributed by atoms with Crippen LogP contribution in [0.3, 0.4) is 0 Å². The highest BCUT2D eigenvalue weighted by Crippen LogP contribution is 2.21. The molecule has 2 aliphatic rings. The summed E-state index contributed by atoms with van der Waals surface area (Å²) in [6.07, 6.45) is 1.18. The average molecular weight is 752 g/mol. The van der Waals surface area contributed by atoms with E-state index in [0.717, 1.165) is 10.6 Å². The number of imide groups is 2. The van der Waals surface area contributed by atoms with E-state index in [2.05, 4.69) is 25.0 Å². The van der Waals surface area contributed by atoms with Crippen LogP contribution in [0.2, 0.25) is 0 Å². The third kappa shape index (κ3) is 9.36. The number of rotatable bonds is 2. The summed E-state index contributed by atoms with van der Waals surface area (Å²) < 4.78 is 45.4. The number of carboxylic acids is 1. The predicted molar refractivity (Wildman–Crippen MR) is 185 cm³/mol. The van der Waals surface area contributed by atoms with E-state index < -0.39 is 58.2 Å². The predicted octanol–water partition coefficient (Wildman–Crippen LogP) is 2.31. The van der Waals surface area contributed by atoms with Gasteiger partial charge in [-0.05, 0) is 56.2 Å². The maximum atomic E-state index is 13.9. The maximum absolute atomic E-state index is 13.9. The molecule has 2 atom stereocenters. The van der Waals surface area contributed by atoms with Crippen molar-refractivity contribution in [2.24, 2.45) is 5.73 Å². The molecule has 0 bridgehead atoms. The summed E-state index contributed by atoms with van der Waals surface area (Å²) in [4.78, 5) is 86.2. The van der Waals surface area contributed by atoms with E-state index >= 15 is 0 Å². The number of nitrogens with two attached hydrogens (primary N) is 2. The highest BCUT2D eigenvalue weighted by atomic mass is 19.1. The van der Waals surface area contributed by atoms with E-state index in [-0.39, 0.29) is 58.4 Å². The Morgan fingerprint density at radius 1 is 0.796 bits per heavy atom. The highest BCUT2D eigenvalue weighted by Gasteiger charge is 2.31. The summed E-state index contributed by atoms with van der Waals surface area (Å²) in [5.41, 5.74) is 9.25. The summed E-state index contributed by atoms with van der Waals surface area (Å²) in [5.74, 6) is -4.39. The number of benzene rings is 3. The van der Waals surface area contributed by atoms with Gasteiger partial charge in [-0.1, -0.05) is 18.2 Å². The standard InChI is InChI=1S/C14H12FN3O3.C9H6FNO2.C7H6FNO2.C5H8N2O2/c1-7-16-9-4-2-3-8(15)12(9)14(21)18(7)10-5-6-11(19)17-13(10)20;1-5-11-7-4-2-3-6(10)8(7)9(12)13-5;8-4-2-1-3-5(9)6(4)7(10)11;6-3-1-2-4(8)7-5(3)9/h2-4,10H,5-6H2,1H3,(H,17,19,20);2-4H,1H3;1-3H,9H2,(H,10,11);3H,1-2,6H2,(H,7,8,9). The number of fused-ring (bicyclic) bond motifs is 2. The molecule has 2 saturated heterocycles. The molecule has 0 radical (unpaired) electrons. The molecule has 2 fully saturated rings. The maximum Gasteiger partial charge on any atom is 0.349 e. The summed E-state index contributed by atoms with van der Waals surface area (Å²) in [7, 11) is 0. The van der Waals surface area contributed by atoms with Crippen molar-refractivity contribution in [2.45, 2.75) is 51.6 Å². The zero-order valence-electron chi connectivity index (χ0n) is 28.5. The number of hydrogen-bond acceptors (Lipinski definition) is 12. The van der Waals surface area contributed by atoms with Crippen LogP contribution in [0.15, 0.2) is 68.6 Å². The zero-order valence-corrected chi connectivity index (χ0v) is 28.5. The number of hydrogen-bond donors (Lipinski definition) is 5. The van der Waals surface area contributed by atoms with Crippen LogP contribution in [0.25, 0.3) is 21.8 Å². The number of aromatic nitrogens is 3.